The average Bonchev–Trinajstić information content (AvgIpc) is 2.67. The van der Waals surface area contributed by atoms with E-state index in [0.29, 0.717) is 0 Å². The monoisotopic (exact) mass is 198 g/mol. The average molecular weight is 198 g/mol. The van der Waals surface area contributed by atoms with Crippen LogP contribution in [0.25, 0.3) is 0 Å². The Morgan fingerprint density at radius 1 is 1.77 bits per heavy atom. The second-order valence-electron chi connectivity index (χ2n) is 3.09. The lowest BCUT2D eigenvalue weighted by Crippen LogP contribution is -2.33. The minimum Gasteiger partial charge on any atom is -0.368 e. The fourth-order valence-corrected chi connectivity index (χ4v) is 2.31. The Kier molecular flexibility index (Phi) is 2.93. The Bertz CT molecular complexity index is 268. The van der Waals surface area contributed by atoms with Crippen molar-refractivity contribution in [2.24, 2.45) is 0 Å². The Morgan fingerprint density at radius 3 is 3.31 bits per heavy atom. The highest BCUT2D eigenvalue weighted by Crippen LogP contribution is 2.22. The quantitative estimate of drug-likeness (QED) is 0.779. The van der Waals surface area contributed by atoms with E-state index in [4.69, 9.17) is 4.74 Å². The van der Waals surface area contributed by atoms with E-state index in [1.165, 1.54) is 5.69 Å². The molecule has 0 bridgehead atoms. The fraction of sp³-hybridized carbons (Fsp3) is 0.667. The van der Waals surface area contributed by atoms with Gasteiger partial charge in [-0.1, -0.05) is 6.92 Å². The number of ether oxygens (including phenoxy) is 1. The summed E-state index contributed by atoms with van der Waals surface area (Å²) in [6, 6.07) is 0. The summed E-state index contributed by atoms with van der Waals surface area (Å²) in [6.45, 7) is 4.78. The van der Waals surface area contributed by atoms with E-state index < -0.39 is 0 Å². The third-order valence-corrected chi connectivity index (χ3v) is 3.12. The van der Waals surface area contributed by atoms with E-state index >= 15 is 0 Å². The van der Waals surface area contributed by atoms with Crippen molar-refractivity contribution in [1.82, 2.24) is 10.3 Å². The molecule has 0 spiro atoms. The normalized spacial score (nSPS) is 23.3. The fourth-order valence-electron chi connectivity index (χ4n) is 1.36. The smallest absolute Gasteiger partial charge is 0.123 e. The molecule has 0 amide bonds. The van der Waals surface area contributed by atoms with Gasteiger partial charge in [0.2, 0.25) is 0 Å². The molecule has 1 aromatic heterocycles. The molecule has 4 heteroatoms. The van der Waals surface area contributed by atoms with Crippen molar-refractivity contribution in [3.8, 4) is 0 Å². The van der Waals surface area contributed by atoms with Gasteiger partial charge in [-0.3, -0.25) is 0 Å². The Labute approximate surface area is 82.1 Å². The van der Waals surface area contributed by atoms with Crippen LogP contribution in [0.15, 0.2) is 5.38 Å². The topological polar surface area (TPSA) is 34.1 Å². The van der Waals surface area contributed by atoms with Crippen molar-refractivity contribution in [3.05, 3.63) is 16.1 Å². The zero-order chi connectivity index (χ0) is 9.10. The maximum absolute atomic E-state index is 5.61. The molecule has 1 aliphatic heterocycles. The molecule has 0 aliphatic carbocycles. The molecule has 0 radical (unpaired) electrons. The third-order valence-electron chi connectivity index (χ3n) is 2.13. The highest BCUT2D eigenvalue weighted by atomic mass is 32.1. The molecule has 0 saturated carbocycles. The molecule has 72 valence electrons. The van der Waals surface area contributed by atoms with Crippen LogP contribution in [-0.2, 0) is 11.2 Å². The molecular weight excluding hydrogens is 184 g/mol. The van der Waals surface area contributed by atoms with E-state index in [9.17, 15) is 0 Å². The maximum atomic E-state index is 5.61. The van der Waals surface area contributed by atoms with Crippen molar-refractivity contribution in [2.45, 2.75) is 19.4 Å². The number of aryl methyl sites for hydroxylation is 1. The summed E-state index contributed by atoms with van der Waals surface area (Å²) >= 11 is 1.70. The van der Waals surface area contributed by atoms with Crippen LogP contribution in [0.5, 0.6) is 0 Å². The summed E-state index contributed by atoms with van der Waals surface area (Å²) in [4.78, 5) is 4.51. The van der Waals surface area contributed by atoms with Gasteiger partial charge in [-0.15, -0.1) is 11.3 Å². The number of nitrogens with one attached hydrogen (secondary N) is 1. The van der Waals surface area contributed by atoms with Gasteiger partial charge in [0.15, 0.2) is 0 Å². The van der Waals surface area contributed by atoms with Crippen LogP contribution in [0.4, 0.5) is 0 Å². The van der Waals surface area contributed by atoms with Gasteiger partial charge in [0.05, 0.1) is 12.3 Å². The summed E-state index contributed by atoms with van der Waals surface area (Å²) in [5, 5.41) is 6.54. The van der Waals surface area contributed by atoms with Crippen LogP contribution < -0.4 is 5.32 Å². The first kappa shape index (κ1) is 9.12. The second-order valence-corrected chi connectivity index (χ2v) is 3.98. The lowest BCUT2D eigenvalue weighted by Gasteiger charge is -2.21. The maximum Gasteiger partial charge on any atom is 0.123 e. The molecule has 0 aromatic carbocycles. The molecule has 1 N–H and O–H groups in total. The van der Waals surface area contributed by atoms with E-state index in [-0.39, 0.29) is 6.10 Å². The Hall–Kier alpha value is -0.450. The van der Waals surface area contributed by atoms with Crippen LogP contribution in [0.3, 0.4) is 0 Å². The van der Waals surface area contributed by atoms with Crippen LogP contribution in [-0.4, -0.2) is 24.7 Å². The molecule has 1 atom stereocenters. The van der Waals surface area contributed by atoms with Crippen LogP contribution in [0, 0.1) is 0 Å². The zero-order valence-electron chi connectivity index (χ0n) is 7.75. The largest absolute Gasteiger partial charge is 0.368 e. The molecule has 3 nitrogen and oxygen atoms in total. The molecule has 1 aromatic rings. The highest BCUT2D eigenvalue weighted by molar-refractivity contribution is 7.09. The number of aromatic nitrogens is 1. The van der Waals surface area contributed by atoms with Crippen molar-refractivity contribution in [1.29, 1.82) is 0 Å². The SMILES string of the molecule is CCc1csc(C2CNCCO2)n1. The van der Waals surface area contributed by atoms with Gasteiger partial charge in [-0.2, -0.15) is 0 Å². The summed E-state index contributed by atoms with van der Waals surface area (Å²) < 4.78 is 5.61. The first-order chi connectivity index (χ1) is 6.40. The Balaban J connectivity index is 2.05. The van der Waals surface area contributed by atoms with Crippen molar-refractivity contribution < 1.29 is 4.74 Å². The summed E-state index contributed by atoms with van der Waals surface area (Å²) in [5.74, 6) is 0. The third kappa shape index (κ3) is 2.07. The van der Waals surface area contributed by atoms with Crippen molar-refractivity contribution in [2.75, 3.05) is 19.7 Å². The first-order valence-electron chi connectivity index (χ1n) is 4.66. The number of hydrogen-bond acceptors (Lipinski definition) is 4. The van der Waals surface area contributed by atoms with Crippen LogP contribution in [0.2, 0.25) is 0 Å². The number of hydrogen-bond donors (Lipinski definition) is 1. The first-order valence-corrected chi connectivity index (χ1v) is 5.54. The number of morpholine rings is 1. The summed E-state index contributed by atoms with van der Waals surface area (Å²) in [5.41, 5.74) is 1.18. The van der Waals surface area contributed by atoms with Gasteiger partial charge < -0.3 is 10.1 Å². The molecular formula is C9H14N2OS. The summed E-state index contributed by atoms with van der Waals surface area (Å²) in [7, 11) is 0. The number of thiazole rings is 1. The molecule has 1 saturated heterocycles. The number of rotatable bonds is 2. The molecule has 1 aliphatic rings. The van der Waals surface area contributed by atoms with Gasteiger partial charge in [0, 0.05) is 18.5 Å². The Morgan fingerprint density at radius 2 is 2.69 bits per heavy atom. The van der Waals surface area contributed by atoms with E-state index in [0.717, 1.165) is 31.1 Å². The lowest BCUT2D eigenvalue weighted by atomic mass is 10.3. The number of nitrogens with zero attached hydrogens (tertiary/aromatic N) is 1. The standard InChI is InChI=1S/C9H14N2OS/c1-2-7-6-13-9(11-7)8-5-10-3-4-12-8/h6,8,10H,2-5H2,1H3. The minimum atomic E-state index is 0.180. The van der Waals surface area contributed by atoms with E-state index in [1.54, 1.807) is 11.3 Å². The van der Waals surface area contributed by atoms with Gasteiger partial charge >= 0.3 is 0 Å². The van der Waals surface area contributed by atoms with Gasteiger partial charge in [-0.25, -0.2) is 4.98 Å². The highest BCUT2D eigenvalue weighted by Gasteiger charge is 2.18. The van der Waals surface area contributed by atoms with Crippen LogP contribution >= 0.6 is 11.3 Å². The predicted molar refractivity (Wildman–Crippen MR) is 53.1 cm³/mol. The van der Waals surface area contributed by atoms with Gasteiger partial charge in [0.25, 0.3) is 0 Å². The zero-order valence-corrected chi connectivity index (χ0v) is 8.56. The lowest BCUT2D eigenvalue weighted by molar-refractivity contribution is 0.0275. The van der Waals surface area contributed by atoms with Gasteiger partial charge in [0.1, 0.15) is 11.1 Å². The molecule has 1 fully saturated rings. The van der Waals surface area contributed by atoms with E-state index in [1.807, 2.05) is 0 Å². The molecule has 13 heavy (non-hydrogen) atoms. The molecule has 2 heterocycles. The van der Waals surface area contributed by atoms with Crippen LogP contribution in [0.1, 0.15) is 23.7 Å². The second kappa shape index (κ2) is 4.17. The van der Waals surface area contributed by atoms with Crippen molar-refractivity contribution >= 4 is 11.3 Å². The summed E-state index contributed by atoms with van der Waals surface area (Å²) in [6.07, 6.45) is 1.19. The predicted octanol–water partition coefficient (Wildman–Crippen LogP) is 1.37. The van der Waals surface area contributed by atoms with Crippen molar-refractivity contribution in [3.63, 3.8) is 0 Å². The van der Waals surface area contributed by atoms with Gasteiger partial charge in [-0.05, 0) is 6.42 Å². The van der Waals surface area contributed by atoms with E-state index in [2.05, 4.69) is 22.6 Å². The molecule has 1 unspecified atom stereocenters. The molecule has 2 rings (SSSR count). The minimum absolute atomic E-state index is 0.180.